The fourth-order valence-electron chi connectivity index (χ4n) is 3.59. The van der Waals surface area contributed by atoms with Crippen molar-refractivity contribution in [2.45, 2.75) is 43.0 Å². The third kappa shape index (κ3) is 2.84. The van der Waals surface area contributed by atoms with Crippen LogP contribution in [0.2, 0.25) is 0 Å². The molecule has 2 N–H and O–H groups in total. The second-order valence-corrected chi connectivity index (χ2v) is 7.18. The van der Waals surface area contributed by atoms with Crippen LogP contribution in [-0.4, -0.2) is 35.7 Å². The molecule has 21 heavy (non-hydrogen) atoms. The lowest BCUT2D eigenvalue weighted by Gasteiger charge is -2.40. The SMILES string of the molecule is CCC1CCN(C(=O)C2CSc3ccccc32)C(CN)C1. The first-order valence-electron chi connectivity index (χ1n) is 7.96. The van der Waals surface area contributed by atoms with Gasteiger partial charge in [-0.1, -0.05) is 31.5 Å². The molecule has 3 unspecified atom stereocenters. The predicted molar refractivity (Wildman–Crippen MR) is 87.5 cm³/mol. The average molecular weight is 304 g/mol. The van der Waals surface area contributed by atoms with Crippen LogP contribution in [0.4, 0.5) is 0 Å². The van der Waals surface area contributed by atoms with Gasteiger partial charge in [-0.25, -0.2) is 0 Å². The van der Waals surface area contributed by atoms with Crippen LogP contribution in [0.3, 0.4) is 0 Å². The second-order valence-electron chi connectivity index (χ2n) is 6.12. The number of nitrogens with two attached hydrogens (primary N) is 1. The number of likely N-dealkylation sites (tertiary alicyclic amines) is 1. The fourth-order valence-corrected chi connectivity index (χ4v) is 4.81. The molecule has 0 bridgehead atoms. The van der Waals surface area contributed by atoms with E-state index in [2.05, 4.69) is 24.0 Å². The Bertz CT molecular complexity index is 519. The number of piperidine rings is 1. The lowest BCUT2D eigenvalue weighted by Crippen LogP contribution is -2.51. The van der Waals surface area contributed by atoms with Crippen molar-refractivity contribution in [3.05, 3.63) is 29.8 Å². The minimum Gasteiger partial charge on any atom is -0.338 e. The van der Waals surface area contributed by atoms with E-state index >= 15 is 0 Å². The topological polar surface area (TPSA) is 46.3 Å². The summed E-state index contributed by atoms with van der Waals surface area (Å²) in [6.07, 6.45) is 3.39. The van der Waals surface area contributed by atoms with Crippen molar-refractivity contribution >= 4 is 17.7 Å². The summed E-state index contributed by atoms with van der Waals surface area (Å²) in [7, 11) is 0. The third-order valence-electron chi connectivity index (χ3n) is 4.95. The molecule has 1 saturated heterocycles. The average Bonchev–Trinajstić information content (AvgIpc) is 2.97. The smallest absolute Gasteiger partial charge is 0.231 e. The van der Waals surface area contributed by atoms with Gasteiger partial charge in [-0.15, -0.1) is 11.8 Å². The van der Waals surface area contributed by atoms with Gasteiger partial charge >= 0.3 is 0 Å². The molecule has 1 amide bonds. The maximum Gasteiger partial charge on any atom is 0.231 e. The highest BCUT2D eigenvalue weighted by Crippen LogP contribution is 2.41. The van der Waals surface area contributed by atoms with Crippen molar-refractivity contribution in [3.8, 4) is 0 Å². The molecular formula is C17H24N2OS. The third-order valence-corrected chi connectivity index (χ3v) is 6.14. The van der Waals surface area contributed by atoms with E-state index in [1.165, 1.54) is 16.9 Å². The Morgan fingerprint density at radius 1 is 1.43 bits per heavy atom. The van der Waals surface area contributed by atoms with E-state index in [9.17, 15) is 4.79 Å². The van der Waals surface area contributed by atoms with Gasteiger partial charge in [-0.05, 0) is 30.4 Å². The van der Waals surface area contributed by atoms with Crippen LogP contribution < -0.4 is 5.73 Å². The van der Waals surface area contributed by atoms with Crippen molar-refractivity contribution in [2.24, 2.45) is 11.7 Å². The molecule has 3 atom stereocenters. The summed E-state index contributed by atoms with van der Waals surface area (Å²) in [4.78, 5) is 16.3. The molecule has 2 aliphatic rings. The monoisotopic (exact) mass is 304 g/mol. The summed E-state index contributed by atoms with van der Waals surface area (Å²) < 4.78 is 0. The highest BCUT2D eigenvalue weighted by Gasteiger charge is 2.37. The van der Waals surface area contributed by atoms with Crippen LogP contribution in [-0.2, 0) is 4.79 Å². The van der Waals surface area contributed by atoms with Crippen LogP contribution >= 0.6 is 11.8 Å². The summed E-state index contributed by atoms with van der Waals surface area (Å²) in [5.74, 6) is 1.92. The number of nitrogens with zero attached hydrogens (tertiary/aromatic N) is 1. The Kier molecular flexibility index (Phi) is 4.55. The number of carbonyl (C=O) groups excluding carboxylic acids is 1. The van der Waals surface area contributed by atoms with E-state index in [0.717, 1.165) is 31.1 Å². The number of rotatable bonds is 3. The maximum absolute atomic E-state index is 13.0. The minimum absolute atomic E-state index is 0.0263. The standard InChI is InChI=1S/C17H24N2OS/c1-2-12-7-8-19(13(9-12)10-18)17(20)15-11-21-16-6-4-3-5-14(15)16/h3-6,12-13,15H,2,7-11,18H2,1H3. The first kappa shape index (κ1) is 14.9. The molecule has 2 aliphatic heterocycles. The molecular weight excluding hydrogens is 280 g/mol. The molecule has 3 rings (SSSR count). The summed E-state index contributed by atoms with van der Waals surface area (Å²) in [5, 5.41) is 0. The number of carbonyl (C=O) groups is 1. The highest BCUT2D eigenvalue weighted by molar-refractivity contribution is 7.99. The molecule has 1 fully saturated rings. The predicted octanol–water partition coefficient (Wildman–Crippen LogP) is 2.85. The van der Waals surface area contributed by atoms with Gasteiger partial charge in [0.1, 0.15) is 0 Å². The van der Waals surface area contributed by atoms with Gasteiger partial charge in [0, 0.05) is 29.8 Å². The number of thioether (sulfide) groups is 1. The van der Waals surface area contributed by atoms with Crippen molar-refractivity contribution in [2.75, 3.05) is 18.8 Å². The van der Waals surface area contributed by atoms with Gasteiger partial charge in [0.25, 0.3) is 0 Å². The molecule has 2 heterocycles. The van der Waals surface area contributed by atoms with E-state index in [1.807, 2.05) is 12.1 Å². The Balaban J connectivity index is 1.76. The minimum atomic E-state index is 0.0263. The van der Waals surface area contributed by atoms with Gasteiger partial charge in [0.2, 0.25) is 5.91 Å². The van der Waals surface area contributed by atoms with E-state index in [-0.39, 0.29) is 17.9 Å². The van der Waals surface area contributed by atoms with Gasteiger partial charge in [0.15, 0.2) is 0 Å². The lowest BCUT2D eigenvalue weighted by atomic mass is 9.87. The molecule has 0 aliphatic carbocycles. The highest BCUT2D eigenvalue weighted by atomic mass is 32.2. The van der Waals surface area contributed by atoms with Gasteiger partial charge in [-0.3, -0.25) is 4.79 Å². The Hall–Kier alpha value is -1.00. The summed E-state index contributed by atoms with van der Waals surface area (Å²) in [5.41, 5.74) is 7.15. The zero-order chi connectivity index (χ0) is 14.8. The first-order valence-corrected chi connectivity index (χ1v) is 8.95. The maximum atomic E-state index is 13.0. The molecule has 114 valence electrons. The normalized spacial score (nSPS) is 28.5. The zero-order valence-corrected chi connectivity index (χ0v) is 13.4. The molecule has 0 saturated carbocycles. The molecule has 1 aromatic carbocycles. The van der Waals surface area contributed by atoms with Crippen LogP contribution in [0, 0.1) is 5.92 Å². The number of hydrogen-bond acceptors (Lipinski definition) is 3. The largest absolute Gasteiger partial charge is 0.338 e. The Morgan fingerprint density at radius 2 is 2.24 bits per heavy atom. The molecule has 0 spiro atoms. The molecule has 3 nitrogen and oxygen atoms in total. The van der Waals surface area contributed by atoms with Crippen LogP contribution in [0.25, 0.3) is 0 Å². The summed E-state index contributed by atoms with van der Waals surface area (Å²) in [6, 6.07) is 8.54. The van der Waals surface area contributed by atoms with Gasteiger partial charge in [0.05, 0.1) is 5.92 Å². The van der Waals surface area contributed by atoms with Crippen LogP contribution in [0.5, 0.6) is 0 Å². The Labute approximate surface area is 131 Å². The fraction of sp³-hybridized carbons (Fsp3) is 0.588. The summed E-state index contributed by atoms with van der Waals surface area (Å²) in [6.45, 7) is 3.70. The molecule has 0 aromatic heterocycles. The number of amides is 1. The van der Waals surface area contributed by atoms with Crippen molar-refractivity contribution in [3.63, 3.8) is 0 Å². The van der Waals surface area contributed by atoms with Crippen LogP contribution in [0.15, 0.2) is 29.2 Å². The van der Waals surface area contributed by atoms with Crippen molar-refractivity contribution < 1.29 is 4.79 Å². The second kappa shape index (κ2) is 6.41. The number of fused-ring (bicyclic) bond motifs is 1. The Morgan fingerprint density at radius 3 is 3.00 bits per heavy atom. The van der Waals surface area contributed by atoms with Gasteiger partial charge < -0.3 is 10.6 Å². The van der Waals surface area contributed by atoms with E-state index in [0.29, 0.717) is 6.54 Å². The zero-order valence-electron chi connectivity index (χ0n) is 12.6. The van der Waals surface area contributed by atoms with Crippen LogP contribution in [0.1, 0.15) is 37.7 Å². The first-order chi connectivity index (χ1) is 10.2. The number of benzene rings is 1. The van der Waals surface area contributed by atoms with Crippen molar-refractivity contribution in [1.29, 1.82) is 0 Å². The molecule has 4 heteroatoms. The van der Waals surface area contributed by atoms with E-state index < -0.39 is 0 Å². The van der Waals surface area contributed by atoms with Crippen molar-refractivity contribution in [1.82, 2.24) is 4.90 Å². The quantitative estimate of drug-likeness (QED) is 0.934. The van der Waals surface area contributed by atoms with E-state index in [4.69, 9.17) is 5.73 Å². The summed E-state index contributed by atoms with van der Waals surface area (Å²) >= 11 is 1.80. The lowest BCUT2D eigenvalue weighted by molar-refractivity contribution is -0.136. The number of hydrogen-bond donors (Lipinski definition) is 1. The molecule has 1 aromatic rings. The molecule has 0 radical (unpaired) electrons. The van der Waals surface area contributed by atoms with E-state index in [1.54, 1.807) is 11.8 Å². The van der Waals surface area contributed by atoms with Gasteiger partial charge in [-0.2, -0.15) is 0 Å².